The summed E-state index contributed by atoms with van der Waals surface area (Å²) in [5.41, 5.74) is -0.533. The Labute approximate surface area is 146 Å². The molecule has 8 nitrogen and oxygen atoms in total. The number of nitrogens with zero attached hydrogens (tertiary/aromatic N) is 3. The van der Waals surface area contributed by atoms with Crippen LogP contribution in [-0.2, 0) is 28.9 Å². The molecule has 24 heavy (non-hydrogen) atoms. The van der Waals surface area contributed by atoms with Crippen LogP contribution >= 0.6 is 15.9 Å². The third kappa shape index (κ3) is 2.63. The van der Waals surface area contributed by atoms with Crippen molar-refractivity contribution in [2.24, 2.45) is 14.1 Å². The Bertz CT molecular complexity index is 1040. The van der Waals surface area contributed by atoms with E-state index in [0.717, 1.165) is 0 Å². The predicted octanol–water partition coefficient (Wildman–Crippen LogP) is 0.0206. The highest BCUT2D eigenvalue weighted by Gasteiger charge is 2.29. The van der Waals surface area contributed by atoms with Gasteiger partial charge in [0.15, 0.2) is 0 Å². The van der Waals surface area contributed by atoms with Gasteiger partial charge >= 0.3 is 11.1 Å². The first-order chi connectivity index (χ1) is 11.2. The maximum atomic E-state index is 12.9. The molecule has 10 heteroatoms. The van der Waals surface area contributed by atoms with Gasteiger partial charge in [-0.05, 0) is 28.1 Å². The van der Waals surface area contributed by atoms with Gasteiger partial charge in [0.1, 0.15) is 0 Å². The minimum atomic E-state index is -3.73. The molecule has 0 spiro atoms. The van der Waals surface area contributed by atoms with Crippen molar-refractivity contribution >= 4 is 37.0 Å². The number of halogens is 1. The third-order valence-electron chi connectivity index (χ3n) is 4.13. The van der Waals surface area contributed by atoms with Crippen molar-refractivity contribution in [1.29, 1.82) is 0 Å². The lowest BCUT2D eigenvalue weighted by Crippen LogP contribution is -2.41. The average Bonchev–Trinajstić information content (AvgIpc) is 2.58. The van der Waals surface area contributed by atoms with Crippen LogP contribution in [0.5, 0.6) is 0 Å². The SMILES string of the molecule is Cn1c(=O)c(=O)n(C)c2cc(S(=O)(=O)N3CCOCC3)c(Br)cc21. The molecule has 1 aromatic heterocycles. The molecule has 3 rings (SSSR count). The van der Waals surface area contributed by atoms with Crippen LogP contribution in [-0.4, -0.2) is 48.2 Å². The maximum absolute atomic E-state index is 12.9. The Morgan fingerprint density at radius 1 is 1.00 bits per heavy atom. The fourth-order valence-electron chi connectivity index (χ4n) is 2.70. The van der Waals surface area contributed by atoms with Crippen LogP contribution in [0.15, 0.2) is 31.1 Å². The van der Waals surface area contributed by atoms with Crippen molar-refractivity contribution in [2.45, 2.75) is 4.90 Å². The van der Waals surface area contributed by atoms with Crippen LogP contribution in [0.4, 0.5) is 0 Å². The van der Waals surface area contributed by atoms with E-state index in [4.69, 9.17) is 4.74 Å². The van der Waals surface area contributed by atoms with Gasteiger partial charge in [0.05, 0.1) is 29.1 Å². The van der Waals surface area contributed by atoms with Gasteiger partial charge in [0.2, 0.25) is 10.0 Å². The van der Waals surface area contributed by atoms with Crippen molar-refractivity contribution in [3.63, 3.8) is 0 Å². The first-order valence-electron chi connectivity index (χ1n) is 7.22. The summed E-state index contributed by atoms with van der Waals surface area (Å²) < 4.78 is 35.0. The van der Waals surface area contributed by atoms with E-state index in [2.05, 4.69) is 15.9 Å². The Kier molecular flexibility index (Phi) is 4.41. The van der Waals surface area contributed by atoms with Crippen LogP contribution in [0.1, 0.15) is 0 Å². The van der Waals surface area contributed by atoms with Crippen LogP contribution in [0.2, 0.25) is 0 Å². The monoisotopic (exact) mass is 417 g/mol. The summed E-state index contributed by atoms with van der Waals surface area (Å²) in [4.78, 5) is 24.0. The number of aromatic nitrogens is 2. The molecular formula is C14H16BrN3O5S. The maximum Gasteiger partial charge on any atom is 0.316 e. The van der Waals surface area contributed by atoms with Crippen LogP contribution in [0.25, 0.3) is 11.0 Å². The number of rotatable bonds is 2. The summed E-state index contributed by atoms with van der Waals surface area (Å²) in [5.74, 6) is 0. The van der Waals surface area contributed by atoms with E-state index >= 15 is 0 Å². The molecule has 0 N–H and O–H groups in total. The molecule has 0 radical (unpaired) electrons. The summed E-state index contributed by atoms with van der Waals surface area (Å²) in [5, 5.41) is 0. The zero-order valence-electron chi connectivity index (χ0n) is 13.2. The number of benzene rings is 1. The zero-order chi connectivity index (χ0) is 17.6. The van der Waals surface area contributed by atoms with Gasteiger partial charge in [-0.25, -0.2) is 8.42 Å². The standard InChI is InChI=1S/C14H16BrN3O5S/c1-16-10-7-9(15)12(8-11(10)17(2)14(20)13(16)19)24(21,22)18-3-5-23-6-4-18/h7-8H,3-6H2,1-2H3. The van der Waals surface area contributed by atoms with Crippen LogP contribution < -0.4 is 11.1 Å². The van der Waals surface area contributed by atoms with Crippen molar-refractivity contribution in [3.8, 4) is 0 Å². The fourth-order valence-corrected chi connectivity index (χ4v) is 5.12. The van der Waals surface area contributed by atoms with Crippen molar-refractivity contribution in [3.05, 3.63) is 37.3 Å². The highest BCUT2D eigenvalue weighted by atomic mass is 79.9. The van der Waals surface area contributed by atoms with E-state index in [0.29, 0.717) is 28.7 Å². The molecule has 0 unspecified atom stereocenters. The largest absolute Gasteiger partial charge is 0.379 e. The number of hydrogen-bond donors (Lipinski definition) is 0. The lowest BCUT2D eigenvalue weighted by Gasteiger charge is -2.26. The molecule has 0 aliphatic carbocycles. The van der Waals surface area contributed by atoms with E-state index in [1.807, 2.05) is 0 Å². The topological polar surface area (TPSA) is 90.6 Å². The minimum absolute atomic E-state index is 0.0607. The number of aryl methyl sites for hydroxylation is 2. The first-order valence-corrected chi connectivity index (χ1v) is 9.45. The summed E-state index contributed by atoms with van der Waals surface area (Å²) in [6.45, 7) is 1.24. The highest BCUT2D eigenvalue weighted by Crippen LogP contribution is 2.29. The molecule has 130 valence electrons. The van der Waals surface area contributed by atoms with Crippen molar-refractivity contribution in [2.75, 3.05) is 26.3 Å². The second-order valence-electron chi connectivity index (χ2n) is 5.52. The summed E-state index contributed by atoms with van der Waals surface area (Å²) in [6, 6.07) is 2.97. The second-order valence-corrected chi connectivity index (χ2v) is 8.28. The smallest absolute Gasteiger partial charge is 0.316 e. The number of morpholine rings is 1. The van der Waals surface area contributed by atoms with E-state index in [9.17, 15) is 18.0 Å². The molecule has 1 fully saturated rings. The summed E-state index contributed by atoms with van der Waals surface area (Å²) in [6.07, 6.45) is 0. The highest BCUT2D eigenvalue weighted by molar-refractivity contribution is 9.10. The molecule has 1 aliphatic heterocycles. The molecule has 1 aliphatic rings. The summed E-state index contributed by atoms with van der Waals surface area (Å²) >= 11 is 3.28. The molecule has 2 aromatic rings. The lowest BCUT2D eigenvalue weighted by molar-refractivity contribution is 0.0730. The predicted molar refractivity (Wildman–Crippen MR) is 91.7 cm³/mol. The minimum Gasteiger partial charge on any atom is -0.379 e. The quantitative estimate of drug-likeness (QED) is 0.642. The number of hydrogen-bond acceptors (Lipinski definition) is 5. The Hall–Kier alpha value is -1.49. The second kappa shape index (κ2) is 6.10. The zero-order valence-corrected chi connectivity index (χ0v) is 15.6. The summed E-state index contributed by atoms with van der Waals surface area (Å²) in [7, 11) is -0.803. The van der Waals surface area contributed by atoms with E-state index in [1.54, 1.807) is 6.07 Å². The third-order valence-corrected chi connectivity index (χ3v) is 6.99. The van der Waals surface area contributed by atoms with Gasteiger partial charge in [-0.3, -0.25) is 9.59 Å². The number of fused-ring (bicyclic) bond motifs is 1. The van der Waals surface area contributed by atoms with Gasteiger partial charge in [0.25, 0.3) is 0 Å². The van der Waals surface area contributed by atoms with Crippen molar-refractivity contribution in [1.82, 2.24) is 13.4 Å². The van der Waals surface area contributed by atoms with Gasteiger partial charge in [-0.1, -0.05) is 0 Å². The molecule has 1 aromatic carbocycles. The van der Waals surface area contributed by atoms with E-state index < -0.39 is 21.1 Å². The molecular weight excluding hydrogens is 402 g/mol. The molecule has 0 saturated carbocycles. The molecule has 0 amide bonds. The molecule has 1 saturated heterocycles. The Balaban J connectivity index is 2.29. The van der Waals surface area contributed by atoms with Gasteiger partial charge < -0.3 is 13.9 Å². The van der Waals surface area contributed by atoms with Crippen LogP contribution in [0.3, 0.4) is 0 Å². The van der Waals surface area contributed by atoms with Gasteiger partial charge in [-0.15, -0.1) is 0 Å². The Morgan fingerprint density at radius 2 is 1.50 bits per heavy atom. The van der Waals surface area contributed by atoms with E-state index in [-0.39, 0.29) is 18.0 Å². The first kappa shape index (κ1) is 17.3. The van der Waals surface area contributed by atoms with Crippen LogP contribution in [0, 0.1) is 0 Å². The normalized spacial score (nSPS) is 16.6. The van der Waals surface area contributed by atoms with Gasteiger partial charge in [-0.2, -0.15) is 4.31 Å². The number of ether oxygens (including phenoxy) is 1. The molecule has 0 bridgehead atoms. The molecule has 0 atom stereocenters. The average molecular weight is 418 g/mol. The fraction of sp³-hybridized carbons (Fsp3) is 0.429. The molecule has 2 heterocycles. The lowest BCUT2D eigenvalue weighted by atomic mass is 10.3. The van der Waals surface area contributed by atoms with Gasteiger partial charge in [0, 0.05) is 31.7 Å². The van der Waals surface area contributed by atoms with E-state index in [1.165, 1.54) is 33.6 Å². The van der Waals surface area contributed by atoms with Crippen molar-refractivity contribution < 1.29 is 13.2 Å². The number of sulfonamides is 1. The Morgan fingerprint density at radius 3 is 2.04 bits per heavy atom.